The van der Waals surface area contributed by atoms with Crippen molar-refractivity contribution in [2.24, 2.45) is 5.41 Å². The molecule has 0 amide bonds. The van der Waals surface area contributed by atoms with Gasteiger partial charge in [-0.25, -0.2) is 0 Å². The van der Waals surface area contributed by atoms with Gasteiger partial charge in [0.05, 0.1) is 16.7 Å². The molecule has 0 radical (unpaired) electrons. The first-order valence-corrected chi connectivity index (χ1v) is 8.48. The molecule has 0 spiro atoms. The van der Waals surface area contributed by atoms with Gasteiger partial charge in [0.1, 0.15) is 5.75 Å². The molecule has 5 heteroatoms. The van der Waals surface area contributed by atoms with Gasteiger partial charge in [0.25, 0.3) is 0 Å². The van der Waals surface area contributed by atoms with Crippen LogP contribution < -0.4 is 4.74 Å². The first kappa shape index (κ1) is 16.6. The third-order valence-corrected chi connectivity index (χ3v) is 5.97. The molecule has 0 N–H and O–H groups in total. The van der Waals surface area contributed by atoms with Gasteiger partial charge in [-0.3, -0.25) is 0 Å². The monoisotopic (exact) mass is 416 g/mol. The van der Waals surface area contributed by atoms with Crippen LogP contribution in [0, 0.1) is 5.41 Å². The van der Waals surface area contributed by atoms with E-state index in [1.54, 1.807) is 12.1 Å². The number of hydrogen-bond donors (Lipinski definition) is 0. The van der Waals surface area contributed by atoms with Crippen molar-refractivity contribution in [3.63, 3.8) is 0 Å². The fraction of sp³-hybridized carbons (Fsp3) is 0.538. The maximum absolute atomic E-state index is 6.13. The SMILES string of the molecule is CCC(CC)(CBr)COc1cc(Cl)c(Br)cc1Cl. The Morgan fingerprint density at radius 1 is 1.17 bits per heavy atom. The van der Waals surface area contributed by atoms with Gasteiger partial charge in [0, 0.05) is 21.3 Å². The molecule has 0 heterocycles. The number of rotatable bonds is 6. The second-order valence-electron chi connectivity index (χ2n) is 4.33. The normalized spacial score (nSPS) is 11.7. The van der Waals surface area contributed by atoms with Crippen molar-refractivity contribution in [2.45, 2.75) is 26.7 Å². The lowest BCUT2D eigenvalue weighted by atomic mass is 9.86. The molecular formula is C13H16Br2Cl2O. The third kappa shape index (κ3) is 4.03. The molecule has 0 atom stereocenters. The molecule has 0 bridgehead atoms. The van der Waals surface area contributed by atoms with Crippen molar-refractivity contribution in [1.82, 2.24) is 0 Å². The predicted octanol–water partition coefficient (Wildman–Crippen LogP) is 6.34. The topological polar surface area (TPSA) is 9.23 Å². The quantitative estimate of drug-likeness (QED) is 0.387. The van der Waals surface area contributed by atoms with E-state index in [4.69, 9.17) is 27.9 Å². The highest BCUT2D eigenvalue weighted by molar-refractivity contribution is 9.10. The Labute approximate surface area is 135 Å². The average Bonchev–Trinajstić information content (AvgIpc) is 2.37. The number of alkyl halides is 1. The standard InChI is InChI=1S/C13H16Br2Cl2O/c1-3-13(4-2,7-14)8-18-12-6-10(16)9(15)5-11(12)17/h5-6H,3-4,7-8H2,1-2H3. The van der Waals surface area contributed by atoms with Crippen LogP contribution in [0.25, 0.3) is 0 Å². The molecule has 18 heavy (non-hydrogen) atoms. The van der Waals surface area contributed by atoms with E-state index in [0.717, 1.165) is 22.6 Å². The summed E-state index contributed by atoms with van der Waals surface area (Å²) in [6.07, 6.45) is 2.10. The zero-order valence-electron chi connectivity index (χ0n) is 10.4. The number of ether oxygens (including phenoxy) is 1. The fourth-order valence-electron chi connectivity index (χ4n) is 1.53. The maximum atomic E-state index is 6.13. The zero-order chi connectivity index (χ0) is 13.8. The molecule has 0 aliphatic heterocycles. The second kappa shape index (κ2) is 7.37. The average molecular weight is 419 g/mol. The molecule has 0 aliphatic carbocycles. The maximum Gasteiger partial charge on any atom is 0.139 e. The Balaban J connectivity index is 2.83. The number of halogens is 4. The molecule has 0 aromatic heterocycles. The molecule has 0 aliphatic rings. The summed E-state index contributed by atoms with van der Waals surface area (Å²) in [5, 5.41) is 2.09. The molecule has 0 saturated carbocycles. The van der Waals surface area contributed by atoms with Crippen molar-refractivity contribution in [2.75, 3.05) is 11.9 Å². The minimum absolute atomic E-state index is 0.142. The van der Waals surface area contributed by atoms with Gasteiger partial charge in [0.2, 0.25) is 0 Å². The molecule has 0 unspecified atom stereocenters. The van der Waals surface area contributed by atoms with Crippen LogP contribution in [0.15, 0.2) is 16.6 Å². The van der Waals surface area contributed by atoms with Gasteiger partial charge in [-0.05, 0) is 34.8 Å². The summed E-state index contributed by atoms with van der Waals surface area (Å²) in [5.74, 6) is 0.636. The summed E-state index contributed by atoms with van der Waals surface area (Å²) < 4.78 is 6.62. The van der Waals surface area contributed by atoms with Gasteiger partial charge in [-0.2, -0.15) is 0 Å². The van der Waals surface area contributed by atoms with E-state index in [1.165, 1.54) is 0 Å². The summed E-state index contributed by atoms with van der Waals surface area (Å²) in [4.78, 5) is 0. The minimum atomic E-state index is 0.142. The van der Waals surface area contributed by atoms with Gasteiger partial charge >= 0.3 is 0 Å². The molecule has 1 aromatic rings. The Hall–Kier alpha value is 0.560. The molecule has 1 rings (SSSR count). The van der Waals surface area contributed by atoms with E-state index in [-0.39, 0.29) is 5.41 Å². The van der Waals surface area contributed by atoms with E-state index in [1.807, 2.05) is 0 Å². The minimum Gasteiger partial charge on any atom is -0.491 e. The van der Waals surface area contributed by atoms with Crippen LogP contribution >= 0.6 is 55.1 Å². The predicted molar refractivity (Wildman–Crippen MR) is 86.5 cm³/mol. The summed E-state index contributed by atoms with van der Waals surface area (Å²) in [5.41, 5.74) is 0.142. The second-order valence-corrected chi connectivity index (χ2v) is 6.56. The molecule has 1 nitrogen and oxygen atoms in total. The Bertz CT molecular complexity index is 398. The highest BCUT2D eigenvalue weighted by Gasteiger charge is 2.26. The van der Waals surface area contributed by atoms with E-state index in [0.29, 0.717) is 22.4 Å². The molecule has 0 saturated heterocycles. The van der Waals surface area contributed by atoms with Crippen molar-refractivity contribution in [1.29, 1.82) is 0 Å². The van der Waals surface area contributed by atoms with Crippen LogP contribution in [0.5, 0.6) is 5.75 Å². The summed E-state index contributed by atoms with van der Waals surface area (Å²) in [7, 11) is 0. The van der Waals surface area contributed by atoms with E-state index < -0.39 is 0 Å². The number of benzene rings is 1. The Morgan fingerprint density at radius 3 is 2.28 bits per heavy atom. The van der Waals surface area contributed by atoms with Crippen LogP contribution in [0.4, 0.5) is 0 Å². The van der Waals surface area contributed by atoms with Crippen LogP contribution in [-0.4, -0.2) is 11.9 Å². The molecule has 1 aromatic carbocycles. The zero-order valence-corrected chi connectivity index (χ0v) is 15.1. The largest absolute Gasteiger partial charge is 0.491 e. The van der Waals surface area contributed by atoms with Crippen molar-refractivity contribution < 1.29 is 4.74 Å². The van der Waals surface area contributed by atoms with Crippen LogP contribution in [0.1, 0.15) is 26.7 Å². The lowest BCUT2D eigenvalue weighted by molar-refractivity contribution is 0.158. The molecular weight excluding hydrogens is 403 g/mol. The smallest absolute Gasteiger partial charge is 0.139 e. The highest BCUT2D eigenvalue weighted by atomic mass is 79.9. The van der Waals surface area contributed by atoms with Crippen molar-refractivity contribution in [3.05, 3.63) is 26.7 Å². The van der Waals surface area contributed by atoms with Gasteiger partial charge in [-0.15, -0.1) is 0 Å². The van der Waals surface area contributed by atoms with Gasteiger partial charge < -0.3 is 4.74 Å². The Kier molecular flexibility index (Phi) is 6.80. The molecule has 102 valence electrons. The van der Waals surface area contributed by atoms with Crippen molar-refractivity contribution >= 4 is 55.1 Å². The number of hydrogen-bond acceptors (Lipinski definition) is 1. The van der Waals surface area contributed by atoms with E-state index >= 15 is 0 Å². The van der Waals surface area contributed by atoms with E-state index in [2.05, 4.69) is 45.7 Å². The van der Waals surface area contributed by atoms with Gasteiger partial charge in [-0.1, -0.05) is 53.0 Å². The highest BCUT2D eigenvalue weighted by Crippen LogP contribution is 2.36. The Morgan fingerprint density at radius 2 is 1.78 bits per heavy atom. The lowest BCUT2D eigenvalue weighted by Gasteiger charge is -2.29. The van der Waals surface area contributed by atoms with Crippen LogP contribution in [-0.2, 0) is 0 Å². The summed E-state index contributed by atoms with van der Waals surface area (Å²) in [6.45, 7) is 4.97. The van der Waals surface area contributed by atoms with Crippen LogP contribution in [0.3, 0.4) is 0 Å². The first-order chi connectivity index (χ1) is 8.48. The summed E-state index contributed by atoms with van der Waals surface area (Å²) >= 11 is 19.1. The first-order valence-electron chi connectivity index (χ1n) is 5.81. The van der Waals surface area contributed by atoms with E-state index in [9.17, 15) is 0 Å². The lowest BCUT2D eigenvalue weighted by Crippen LogP contribution is -2.29. The van der Waals surface area contributed by atoms with Crippen LogP contribution in [0.2, 0.25) is 10.0 Å². The summed E-state index contributed by atoms with van der Waals surface area (Å²) in [6, 6.07) is 3.51. The molecule has 0 fully saturated rings. The third-order valence-electron chi connectivity index (χ3n) is 3.29. The van der Waals surface area contributed by atoms with Gasteiger partial charge in [0.15, 0.2) is 0 Å². The fourth-order valence-corrected chi connectivity index (χ4v) is 3.33. The van der Waals surface area contributed by atoms with Crippen molar-refractivity contribution in [3.8, 4) is 5.75 Å².